The molecule has 0 spiro atoms. The number of nitrogens with zero attached hydrogens (tertiary/aromatic N) is 1. The number of aryl methyl sites for hydroxylation is 1. The molecule has 5 rings (SSSR count). The zero-order valence-corrected chi connectivity index (χ0v) is 20.8. The van der Waals surface area contributed by atoms with Gasteiger partial charge in [0.05, 0.1) is 25.3 Å². The number of ether oxygens (including phenoxy) is 4. The third kappa shape index (κ3) is 4.35. The number of ketones is 1. The van der Waals surface area contributed by atoms with Gasteiger partial charge in [-0.25, -0.2) is 0 Å². The van der Waals surface area contributed by atoms with Gasteiger partial charge in [-0.1, -0.05) is 12.1 Å². The number of rotatable bonds is 6. The van der Waals surface area contributed by atoms with Crippen LogP contribution in [0, 0.1) is 6.92 Å². The van der Waals surface area contributed by atoms with E-state index in [-0.39, 0.29) is 11.3 Å². The van der Waals surface area contributed by atoms with E-state index in [2.05, 4.69) is 0 Å². The molecule has 2 aliphatic rings. The highest BCUT2D eigenvalue weighted by Crippen LogP contribution is 2.45. The fraction of sp³-hybridized carbons (Fsp3) is 0.241. The summed E-state index contributed by atoms with van der Waals surface area (Å²) in [6.07, 6.45) is 0. The number of methoxy groups -OCH3 is 1. The van der Waals surface area contributed by atoms with Gasteiger partial charge < -0.3 is 24.1 Å². The summed E-state index contributed by atoms with van der Waals surface area (Å²) in [6.45, 7) is 5.07. The van der Waals surface area contributed by atoms with Crippen LogP contribution in [0.15, 0.2) is 66.2 Å². The monoisotopic (exact) mass is 501 g/mol. The van der Waals surface area contributed by atoms with Crippen molar-refractivity contribution in [3.63, 3.8) is 0 Å². The van der Waals surface area contributed by atoms with Crippen molar-refractivity contribution in [1.29, 1.82) is 0 Å². The van der Waals surface area contributed by atoms with Crippen LogP contribution in [0.1, 0.15) is 29.7 Å². The molecule has 3 aromatic rings. The van der Waals surface area contributed by atoms with E-state index in [1.165, 1.54) is 4.90 Å². The minimum absolute atomic E-state index is 0.00591. The highest BCUT2D eigenvalue weighted by atomic mass is 16.6. The first-order valence-corrected chi connectivity index (χ1v) is 12.0. The lowest BCUT2D eigenvalue weighted by molar-refractivity contribution is -0.132. The van der Waals surface area contributed by atoms with Crippen molar-refractivity contribution in [2.24, 2.45) is 0 Å². The lowest BCUT2D eigenvalue weighted by Gasteiger charge is -2.27. The maximum absolute atomic E-state index is 13.4. The zero-order valence-electron chi connectivity index (χ0n) is 20.8. The molecular weight excluding hydrogens is 474 g/mol. The Morgan fingerprint density at radius 2 is 1.73 bits per heavy atom. The fourth-order valence-electron chi connectivity index (χ4n) is 4.65. The molecule has 1 amide bonds. The molecular formula is C29H27NO7. The number of aliphatic hydroxyl groups is 1. The van der Waals surface area contributed by atoms with E-state index in [4.69, 9.17) is 18.9 Å². The largest absolute Gasteiger partial charge is 0.507 e. The number of benzene rings is 3. The Morgan fingerprint density at radius 3 is 2.41 bits per heavy atom. The van der Waals surface area contributed by atoms with Gasteiger partial charge in [0, 0.05) is 17.3 Å². The molecule has 1 unspecified atom stereocenters. The van der Waals surface area contributed by atoms with E-state index >= 15 is 0 Å². The van der Waals surface area contributed by atoms with E-state index in [9.17, 15) is 14.7 Å². The molecule has 2 heterocycles. The van der Waals surface area contributed by atoms with Crippen molar-refractivity contribution >= 4 is 23.1 Å². The van der Waals surface area contributed by atoms with Crippen molar-refractivity contribution in [1.82, 2.24) is 0 Å². The van der Waals surface area contributed by atoms with Crippen LogP contribution in [0.2, 0.25) is 0 Å². The second kappa shape index (κ2) is 9.89. The number of anilines is 1. The van der Waals surface area contributed by atoms with Crippen LogP contribution in [0.5, 0.6) is 23.0 Å². The first-order chi connectivity index (χ1) is 17.9. The normalized spacial score (nSPS) is 18.1. The van der Waals surface area contributed by atoms with E-state index in [0.717, 1.165) is 5.56 Å². The average molecular weight is 502 g/mol. The maximum Gasteiger partial charge on any atom is 0.300 e. The second-order valence-electron chi connectivity index (χ2n) is 8.68. The average Bonchev–Trinajstić information content (AvgIpc) is 3.19. The van der Waals surface area contributed by atoms with Gasteiger partial charge in [0.15, 0.2) is 11.5 Å². The summed E-state index contributed by atoms with van der Waals surface area (Å²) in [6, 6.07) is 16.4. The first kappa shape index (κ1) is 24.2. The molecule has 8 nitrogen and oxygen atoms in total. The summed E-state index contributed by atoms with van der Waals surface area (Å²) in [5, 5.41) is 11.4. The zero-order chi connectivity index (χ0) is 26.1. The van der Waals surface area contributed by atoms with E-state index in [1.807, 2.05) is 13.8 Å². The molecule has 1 N–H and O–H groups in total. The van der Waals surface area contributed by atoms with Crippen molar-refractivity contribution in [2.45, 2.75) is 19.9 Å². The van der Waals surface area contributed by atoms with Crippen molar-refractivity contribution in [3.8, 4) is 23.0 Å². The summed E-state index contributed by atoms with van der Waals surface area (Å²) in [4.78, 5) is 28.3. The van der Waals surface area contributed by atoms with Crippen LogP contribution in [0.4, 0.5) is 5.69 Å². The lowest BCUT2D eigenvalue weighted by atomic mass is 9.94. The van der Waals surface area contributed by atoms with Gasteiger partial charge in [-0.3, -0.25) is 14.5 Å². The number of aliphatic hydroxyl groups excluding tert-OH is 1. The van der Waals surface area contributed by atoms with Crippen LogP contribution in [0.25, 0.3) is 5.76 Å². The molecule has 8 heteroatoms. The topological polar surface area (TPSA) is 94.5 Å². The van der Waals surface area contributed by atoms with Gasteiger partial charge in [-0.05, 0) is 67.4 Å². The first-order valence-electron chi connectivity index (χ1n) is 12.0. The summed E-state index contributed by atoms with van der Waals surface area (Å²) in [5.41, 5.74) is 2.30. The highest BCUT2D eigenvalue weighted by molar-refractivity contribution is 6.51. The van der Waals surface area contributed by atoms with Gasteiger partial charge >= 0.3 is 0 Å². The molecule has 0 aromatic heterocycles. The van der Waals surface area contributed by atoms with Crippen molar-refractivity contribution in [3.05, 3.63) is 82.9 Å². The Labute approximate surface area is 214 Å². The van der Waals surface area contributed by atoms with E-state index in [1.54, 1.807) is 67.8 Å². The number of hydrogen-bond acceptors (Lipinski definition) is 7. The molecule has 1 atom stereocenters. The molecule has 0 saturated carbocycles. The molecule has 1 saturated heterocycles. The van der Waals surface area contributed by atoms with Crippen molar-refractivity contribution in [2.75, 3.05) is 31.8 Å². The Hall–Kier alpha value is -4.46. The molecule has 3 aromatic carbocycles. The van der Waals surface area contributed by atoms with Gasteiger partial charge in [0.2, 0.25) is 0 Å². The van der Waals surface area contributed by atoms with Gasteiger partial charge in [-0.2, -0.15) is 0 Å². The molecule has 0 bridgehead atoms. The van der Waals surface area contributed by atoms with Crippen LogP contribution in [-0.4, -0.2) is 43.7 Å². The number of fused-ring (bicyclic) bond motifs is 1. The van der Waals surface area contributed by atoms with Gasteiger partial charge in [0.25, 0.3) is 11.7 Å². The second-order valence-corrected chi connectivity index (χ2v) is 8.68. The fourth-order valence-corrected chi connectivity index (χ4v) is 4.65. The predicted octanol–water partition coefficient (Wildman–Crippen LogP) is 4.80. The number of carbonyl (C=O) groups is 2. The van der Waals surface area contributed by atoms with Crippen LogP contribution < -0.4 is 23.8 Å². The van der Waals surface area contributed by atoms with E-state index in [0.29, 0.717) is 59.6 Å². The third-order valence-electron chi connectivity index (χ3n) is 6.43. The Bertz CT molecular complexity index is 1390. The molecule has 2 aliphatic heterocycles. The minimum Gasteiger partial charge on any atom is -0.507 e. The summed E-state index contributed by atoms with van der Waals surface area (Å²) < 4.78 is 22.2. The van der Waals surface area contributed by atoms with Gasteiger partial charge in [0.1, 0.15) is 30.5 Å². The SMILES string of the molecule is CCOc1ccc(/C(O)=C2\C(=O)C(=O)N(c3ccc4c(c3)OCCO4)C2c2ccc(OC)cc2)cc1C. The summed E-state index contributed by atoms with van der Waals surface area (Å²) in [5.74, 6) is 0.579. The molecule has 1 fully saturated rings. The number of Topliss-reactive ketones (excluding diaryl/α,β-unsaturated/α-hetero) is 1. The molecule has 190 valence electrons. The third-order valence-corrected chi connectivity index (χ3v) is 6.43. The van der Waals surface area contributed by atoms with Crippen LogP contribution >= 0.6 is 0 Å². The summed E-state index contributed by atoms with van der Waals surface area (Å²) >= 11 is 0. The Morgan fingerprint density at radius 1 is 1.00 bits per heavy atom. The lowest BCUT2D eigenvalue weighted by Crippen LogP contribution is -2.29. The maximum atomic E-state index is 13.4. The number of hydrogen-bond donors (Lipinski definition) is 1. The number of carbonyl (C=O) groups excluding carboxylic acids is 2. The smallest absolute Gasteiger partial charge is 0.300 e. The number of amides is 1. The van der Waals surface area contributed by atoms with Crippen LogP contribution in [-0.2, 0) is 9.59 Å². The predicted molar refractivity (Wildman–Crippen MR) is 138 cm³/mol. The molecule has 0 radical (unpaired) electrons. The quantitative estimate of drug-likeness (QED) is 0.295. The summed E-state index contributed by atoms with van der Waals surface area (Å²) in [7, 11) is 1.56. The highest BCUT2D eigenvalue weighted by Gasteiger charge is 2.47. The standard InChI is InChI=1S/C29H27NO7/c1-4-35-22-11-7-19(15-17(22)2)27(31)25-26(18-5-9-21(34-3)10-6-18)30(29(33)28(25)32)20-8-12-23-24(16-20)37-14-13-36-23/h5-12,15-16,26,31H,4,13-14H2,1-3H3/b27-25+. The van der Waals surface area contributed by atoms with Gasteiger partial charge in [-0.15, -0.1) is 0 Å². The minimum atomic E-state index is -0.875. The van der Waals surface area contributed by atoms with Crippen molar-refractivity contribution < 1.29 is 33.6 Å². The Kier molecular flexibility index (Phi) is 6.48. The molecule has 0 aliphatic carbocycles. The molecule has 37 heavy (non-hydrogen) atoms. The van der Waals surface area contributed by atoms with Crippen LogP contribution in [0.3, 0.4) is 0 Å². The van der Waals surface area contributed by atoms with E-state index < -0.39 is 17.7 Å². The Balaban J connectivity index is 1.66.